The number of benzene rings is 1. The van der Waals surface area contributed by atoms with E-state index in [4.69, 9.17) is 14.2 Å². The maximum atomic E-state index is 12.5. The summed E-state index contributed by atoms with van der Waals surface area (Å²) in [4.78, 5) is 37.5. The molecule has 0 radical (unpaired) electrons. The van der Waals surface area contributed by atoms with Gasteiger partial charge in [-0.25, -0.2) is 0 Å². The Labute approximate surface area is 156 Å². The van der Waals surface area contributed by atoms with Gasteiger partial charge in [0.15, 0.2) is 11.5 Å². The molecule has 0 aromatic heterocycles. The third-order valence-corrected chi connectivity index (χ3v) is 4.19. The van der Waals surface area contributed by atoms with Crippen LogP contribution in [0.5, 0.6) is 11.5 Å². The summed E-state index contributed by atoms with van der Waals surface area (Å²) in [7, 11) is 3.04. The van der Waals surface area contributed by atoms with E-state index >= 15 is 0 Å². The molecule has 2 amide bonds. The molecule has 0 spiro atoms. The minimum absolute atomic E-state index is 0.228. The molecule has 140 valence electrons. The first-order chi connectivity index (χ1) is 12.1. The zero-order valence-corrected chi connectivity index (χ0v) is 16.1. The molecule has 26 heavy (non-hydrogen) atoms. The van der Waals surface area contributed by atoms with Crippen LogP contribution in [0, 0.1) is 0 Å². The summed E-state index contributed by atoms with van der Waals surface area (Å²) >= 11 is 0.779. The fraction of sp³-hybridized carbons (Fsp3) is 0.389. The standard InChI is InChI=1S/C18H21NO6S/c1-18(2,3)25-15(20)10-19-16(21)14(26-17(19)22)9-11-6-7-12(23-4)13(8-11)24-5/h6-9H,10H2,1-5H3/b14-9+. The number of ether oxygens (including phenoxy) is 3. The van der Waals surface area contributed by atoms with Crippen LogP contribution < -0.4 is 9.47 Å². The number of hydrogen-bond donors (Lipinski definition) is 0. The number of esters is 1. The van der Waals surface area contributed by atoms with Gasteiger partial charge >= 0.3 is 5.97 Å². The van der Waals surface area contributed by atoms with Gasteiger partial charge in [0.25, 0.3) is 11.1 Å². The fourth-order valence-corrected chi connectivity index (χ4v) is 3.07. The summed E-state index contributed by atoms with van der Waals surface area (Å²) in [5, 5.41) is -0.507. The van der Waals surface area contributed by atoms with Crippen molar-refractivity contribution in [3.8, 4) is 11.5 Å². The molecular formula is C18H21NO6S. The summed E-state index contributed by atoms with van der Waals surface area (Å²) in [5.74, 6) is -0.0928. The molecule has 0 N–H and O–H groups in total. The summed E-state index contributed by atoms with van der Waals surface area (Å²) in [6.07, 6.45) is 1.57. The average molecular weight is 379 g/mol. The molecule has 1 fully saturated rings. The van der Waals surface area contributed by atoms with Crippen LogP contribution in [0.3, 0.4) is 0 Å². The molecule has 7 nitrogen and oxygen atoms in total. The second-order valence-corrected chi connectivity index (χ2v) is 7.46. The van der Waals surface area contributed by atoms with Gasteiger partial charge in [-0.05, 0) is 56.3 Å². The monoisotopic (exact) mass is 379 g/mol. The summed E-state index contributed by atoms with van der Waals surface area (Å²) in [6, 6.07) is 5.14. The highest BCUT2D eigenvalue weighted by Crippen LogP contribution is 2.34. The third-order valence-electron chi connectivity index (χ3n) is 3.29. The van der Waals surface area contributed by atoms with Crippen LogP contribution in [0.15, 0.2) is 23.1 Å². The van der Waals surface area contributed by atoms with Crippen molar-refractivity contribution in [2.45, 2.75) is 26.4 Å². The third kappa shape index (κ3) is 4.78. The van der Waals surface area contributed by atoms with Crippen LogP contribution in [-0.4, -0.2) is 48.4 Å². The number of amides is 2. The zero-order chi connectivity index (χ0) is 19.5. The number of thioether (sulfide) groups is 1. The maximum absolute atomic E-state index is 12.5. The minimum atomic E-state index is -0.686. The van der Waals surface area contributed by atoms with Crippen LogP contribution in [0.2, 0.25) is 0 Å². The topological polar surface area (TPSA) is 82.1 Å². The Morgan fingerprint density at radius 2 is 1.81 bits per heavy atom. The van der Waals surface area contributed by atoms with Gasteiger partial charge in [0, 0.05) is 0 Å². The normalized spacial score (nSPS) is 16.2. The number of methoxy groups -OCH3 is 2. The van der Waals surface area contributed by atoms with E-state index in [2.05, 4.69) is 0 Å². The van der Waals surface area contributed by atoms with Crippen molar-refractivity contribution in [3.05, 3.63) is 28.7 Å². The summed E-state index contributed by atoms with van der Waals surface area (Å²) in [6.45, 7) is 4.74. The lowest BCUT2D eigenvalue weighted by molar-refractivity contribution is -0.156. The molecule has 0 unspecified atom stereocenters. The number of rotatable bonds is 5. The van der Waals surface area contributed by atoms with Gasteiger partial charge in [-0.1, -0.05) is 6.07 Å². The van der Waals surface area contributed by atoms with Crippen molar-refractivity contribution in [1.82, 2.24) is 4.90 Å². The van der Waals surface area contributed by atoms with Gasteiger partial charge in [-0.15, -0.1) is 0 Å². The zero-order valence-electron chi connectivity index (χ0n) is 15.3. The Morgan fingerprint density at radius 1 is 1.15 bits per heavy atom. The van der Waals surface area contributed by atoms with Crippen molar-refractivity contribution in [2.24, 2.45) is 0 Å². The van der Waals surface area contributed by atoms with E-state index in [0.29, 0.717) is 17.1 Å². The molecule has 0 aliphatic carbocycles. The molecule has 8 heteroatoms. The van der Waals surface area contributed by atoms with Crippen LogP contribution in [0.4, 0.5) is 4.79 Å². The molecule has 0 saturated carbocycles. The van der Waals surface area contributed by atoms with Crippen LogP contribution >= 0.6 is 11.8 Å². The average Bonchev–Trinajstić information content (AvgIpc) is 2.80. The van der Waals surface area contributed by atoms with Crippen molar-refractivity contribution in [2.75, 3.05) is 20.8 Å². The number of imide groups is 1. The lowest BCUT2D eigenvalue weighted by Gasteiger charge is -2.21. The van der Waals surface area contributed by atoms with Gasteiger partial charge < -0.3 is 14.2 Å². The first kappa shape index (κ1) is 19.8. The van der Waals surface area contributed by atoms with Gasteiger partial charge in [0.1, 0.15) is 12.1 Å². The number of hydrogen-bond acceptors (Lipinski definition) is 7. The molecule has 1 aliphatic heterocycles. The van der Waals surface area contributed by atoms with Gasteiger partial charge in [0.2, 0.25) is 0 Å². The Balaban J connectivity index is 2.17. The Morgan fingerprint density at radius 3 is 2.38 bits per heavy atom. The predicted molar refractivity (Wildman–Crippen MR) is 98.1 cm³/mol. The molecule has 1 aromatic rings. The van der Waals surface area contributed by atoms with Crippen molar-refractivity contribution in [1.29, 1.82) is 0 Å². The SMILES string of the molecule is COc1ccc(/C=C2/SC(=O)N(CC(=O)OC(C)(C)C)C2=O)cc1OC. The van der Waals surface area contributed by atoms with E-state index in [-0.39, 0.29) is 4.91 Å². The molecule has 1 aliphatic rings. The lowest BCUT2D eigenvalue weighted by Crippen LogP contribution is -2.37. The highest BCUT2D eigenvalue weighted by atomic mass is 32.2. The molecule has 1 saturated heterocycles. The Bertz CT molecular complexity index is 765. The molecule has 0 bridgehead atoms. The lowest BCUT2D eigenvalue weighted by atomic mass is 10.2. The predicted octanol–water partition coefficient (Wildman–Crippen LogP) is 3.08. The van der Waals surface area contributed by atoms with Gasteiger partial charge in [-0.3, -0.25) is 19.3 Å². The van der Waals surface area contributed by atoms with Crippen molar-refractivity contribution in [3.63, 3.8) is 0 Å². The summed E-state index contributed by atoms with van der Waals surface area (Å²) < 4.78 is 15.6. The fourth-order valence-electron chi connectivity index (χ4n) is 2.23. The van der Waals surface area contributed by atoms with E-state index in [1.54, 1.807) is 45.0 Å². The van der Waals surface area contributed by atoms with Gasteiger partial charge in [0.05, 0.1) is 19.1 Å². The smallest absolute Gasteiger partial charge is 0.326 e. The van der Waals surface area contributed by atoms with Crippen molar-refractivity contribution >= 4 is 35.0 Å². The van der Waals surface area contributed by atoms with E-state index in [1.807, 2.05) is 0 Å². The highest BCUT2D eigenvalue weighted by Gasteiger charge is 2.37. The molecular weight excluding hydrogens is 358 g/mol. The van der Waals surface area contributed by atoms with Crippen LogP contribution in [0.25, 0.3) is 6.08 Å². The number of carbonyl (C=O) groups excluding carboxylic acids is 3. The van der Waals surface area contributed by atoms with E-state index in [0.717, 1.165) is 16.7 Å². The van der Waals surface area contributed by atoms with E-state index < -0.39 is 29.3 Å². The Kier molecular flexibility index (Phi) is 5.97. The largest absolute Gasteiger partial charge is 0.493 e. The van der Waals surface area contributed by atoms with E-state index in [9.17, 15) is 14.4 Å². The quantitative estimate of drug-likeness (QED) is 0.574. The van der Waals surface area contributed by atoms with Crippen LogP contribution in [-0.2, 0) is 14.3 Å². The molecule has 1 aromatic carbocycles. The minimum Gasteiger partial charge on any atom is -0.493 e. The van der Waals surface area contributed by atoms with Gasteiger partial charge in [-0.2, -0.15) is 0 Å². The maximum Gasteiger partial charge on any atom is 0.326 e. The number of nitrogens with zero attached hydrogens (tertiary/aromatic N) is 1. The van der Waals surface area contributed by atoms with Crippen molar-refractivity contribution < 1.29 is 28.6 Å². The van der Waals surface area contributed by atoms with Crippen LogP contribution in [0.1, 0.15) is 26.3 Å². The van der Waals surface area contributed by atoms with E-state index in [1.165, 1.54) is 14.2 Å². The molecule has 1 heterocycles. The second-order valence-electron chi connectivity index (χ2n) is 6.47. The first-order valence-corrected chi connectivity index (χ1v) is 8.65. The second kappa shape index (κ2) is 7.82. The number of carbonyl (C=O) groups is 3. The Hall–Kier alpha value is -2.48. The highest BCUT2D eigenvalue weighted by molar-refractivity contribution is 8.18. The molecule has 0 atom stereocenters. The summed E-state index contributed by atoms with van der Waals surface area (Å²) in [5.41, 5.74) is -0.0145. The first-order valence-electron chi connectivity index (χ1n) is 7.84. The molecule has 2 rings (SSSR count).